The number of methoxy groups -OCH3 is 1. The lowest BCUT2D eigenvalue weighted by molar-refractivity contribution is 0.170. The van der Waals surface area contributed by atoms with E-state index in [2.05, 4.69) is 28.3 Å². The molecule has 3 N–H and O–H groups in total. The number of ether oxygens (including phenoxy) is 1. The molecule has 0 heterocycles. The van der Waals surface area contributed by atoms with Crippen LogP contribution in [0.25, 0.3) is 0 Å². The predicted octanol–water partition coefficient (Wildman–Crippen LogP) is 3.28. The first-order valence-electron chi connectivity index (χ1n) is 5.50. The number of nitrogens with one attached hydrogen (secondary N) is 1. The van der Waals surface area contributed by atoms with Crippen molar-refractivity contribution in [1.82, 2.24) is 5.43 Å². The Hall–Kier alpha value is -0.130. The Morgan fingerprint density at radius 1 is 1.53 bits per heavy atom. The second kappa shape index (κ2) is 7.34. The Labute approximate surface area is 116 Å². The van der Waals surface area contributed by atoms with Gasteiger partial charge in [-0.05, 0) is 39.9 Å². The lowest BCUT2D eigenvalue weighted by atomic mass is 9.92. The molecule has 0 fully saturated rings. The molecule has 0 bridgehead atoms. The van der Waals surface area contributed by atoms with Gasteiger partial charge in [0.05, 0.1) is 11.1 Å². The third kappa shape index (κ3) is 3.93. The zero-order chi connectivity index (χ0) is 12.8. The molecule has 1 aromatic carbocycles. The summed E-state index contributed by atoms with van der Waals surface area (Å²) in [5.74, 6) is 5.97. The highest BCUT2D eigenvalue weighted by Crippen LogP contribution is 2.33. The molecule has 2 atom stereocenters. The largest absolute Gasteiger partial charge is 0.385 e. The number of benzene rings is 1. The monoisotopic (exact) mass is 320 g/mol. The molecular formula is C12H18BrClN2O. The second-order valence-corrected chi connectivity index (χ2v) is 5.28. The van der Waals surface area contributed by atoms with E-state index < -0.39 is 0 Å². The van der Waals surface area contributed by atoms with E-state index in [1.165, 1.54) is 0 Å². The summed E-state index contributed by atoms with van der Waals surface area (Å²) in [4.78, 5) is 0. The minimum absolute atomic E-state index is 0.0233. The topological polar surface area (TPSA) is 47.3 Å². The number of hydrogen-bond acceptors (Lipinski definition) is 3. The van der Waals surface area contributed by atoms with Crippen LogP contribution in [-0.4, -0.2) is 13.7 Å². The highest BCUT2D eigenvalue weighted by molar-refractivity contribution is 9.10. The average molecular weight is 322 g/mol. The van der Waals surface area contributed by atoms with Crippen LogP contribution >= 0.6 is 27.5 Å². The summed E-state index contributed by atoms with van der Waals surface area (Å²) < 4.78 is 5.97. The maximum absolute atomic E-state index is 6.27. The number of rotatable bonds is 6. The van der Waals surface area contributed by atoms with Gasteiger partial charge in [0.25, 0.3) is 0 Å². The van der Waals surface area contributed by atoms with Crippen LogP contribution in [-0.2, 0) is 4.74 Å². The van der Waals surface area contributed by atoms with Crippen LogP contribution in [0.2, 0.25) is 5.02 Å². The number of nitrogens with two attached hydrogens (primary N) is 1. The molecule has 1 aromatic rings. The van der Waals surface area contributed by atoms with Gasteiger partial charge in [-0.3, -0.25) is 11.3 Å². The van der Waals surface area contributed by atoms with Gasteiger partial charge in [0.1, 0.15) is 0 Å². The molecule has 0 aliphatic heterocycles. The molecule has 0 aliphatic carbocycles. The van der Waals surface area contributed by atoms with Crippen LogP contribution in [0.15, 0.2) is 22.7 Å². The fraction of sp³-hybridized carbons (Fsp3) is 0.500. The van der Waals surface area contributed by atoms with Gasteiger partial charge in [0.2, 0.25) is 0 Å². The fourth-order valence-corrected chi connectivity index (χ4v) is 2.42. The zero-order valence-electron chi connectivity index (χ0n) is 10.0. The van der Waals surface area contributed by atoms with E-state index in [0.717, 1.165) is 16.5 Å². The number of hydrogen-bond donors (Lipinski definition) is 2. The summed E-state index contributed by atoms with van der Waals surface area (Å²) in [5, 5.41) is 0.708. The van der Waals surface area contributed by atoms with Crippen molar-refractivity contribution in [2.75, 3.05) is 13.7 Å². The van der Waals surface area contributed by atoms with Crippen molar-refractivity contribution in [2.24, 2.45) is 11.8 Å². The van der Waals surface area contributed by atoms with Crippen molar-refractivity contribution in [3.05, 3.63) is 33.3 Å². The van der Waals surface area contributed by atoms with Gasteiger partial charge in [-0.15, -0.1) is 0 Å². The molecule has 0 aliphatic rings. The molecule has 96 valence electrons. The molecule has 5 heteroatoms. The zero-order valence-corrected chi connectivity index (χ0v) is 12.4. The van der Waals surface area contributed by atoms with Gasteiger partial charge in [0.15, 0.2) is 0 Å². The molecular weight excluding hydrogens is 304 g/mol. The normalized spacial score (nSPS) is 14.6. The van der Waals surface area contributed by atoms with Crippen molar-refractivity contribution in [1.29, 1.82) is 0 Å². The van der Waals surface area contributed by atoms with E-state index in [0.29, 0.717) is 17.5 Å². The van der Waals surface area contributed by atoms with E-state index in [4.69, 9.17) is 22.2 Å². The minimum Gasteiger partial charge on any atom is -0.385 e. The molecule has 0 amide bonds. The Kier molecular flexibility index (Phi) is 6.44. The third-order valence-corrected chi connectivity index (χ3v) is 4.15. The lowest BCUT2D eigenvalue weighted by Gasteiger charge is -2.24. The Bertz CT molecular complexity index is 362. The van der Waals surface area contributed by atoms with Crippen LogP contribution in [0.3, 0.4) is 0 Å². The van der Waals surface area contributed by atoms with Crippen molar-refractivity contribution in [3.63, 3.8) is 0 Å². The highest BCUT2D eigenvalue weighted by atomic mass is 79.9. The number of hydrazine groups is 1. The van der Waals surface area contributed by atoms with Crippen LogP contribution in [0, 0.1) is 5.92 Å². The van der Waals surface area contributed by atoms with Crippen LogP contribution in [0.1, 0.15) is 24.9 Å². The van der Waals surface area contributed by atoms with Crippen LogP contribution in [0.4, 0.5) is 0 Å². The fourth-order valence-electron chi connectivity index (χ4n) is 1.79. The molecule has 0 saturated heterocycles. The van der Waals surface area contributed by atoms with Crippen molar-refractivity contribution < 1.29 is 4.74 Å². The standard InChI is InChI=1S/C12H18BrClN2O/c1-8(6-7-17-2)12(16-15)9-4-3-5-10(13)11(9)14/h3-5,8,12,16H,6-7,15H2,1-2H3. The lowest BCUT2D eigenvalue weighted by Crippen LogP contribution is -2.33. The Morgan fingerprint density at radius 2 is 2.24 bits per heavy atom. The number of halogens is 2. The van der Waals surface area contributed by atoms with Crippen molar-refractivity contribution in [3.8, 4) is 0 Å². The molecule has 0 saturated carbocycles. The minimum atomic E-state index is 0.0233. The SMILES string of the molecule is COCCC(C)C(NN)c1cccc(Br)c1Cl. The molecule has 2 unspecified atom stereocenters. The van der Waals surface area contributed by atoms with E-state index in [1.54, 1.807) is 7.11 Å². The predicted molar refractivity (Wildman–Crippen MR) is 74.9 cm³/mol. The van der Waals surface area contributed by atoms with Crippen LogP contribution < -0.4 is 11.3 Å². The first kappa shape index (κ1) is 14.9. The third-order valence-electron chi connectivity index (χ3n) is 2.84. The van der Waals surface area contributed by atoms with Crippen molar-refractivity contribution >= 4 is 27.5 Å². The molecule has 3 nitrogen and oxygen atoms in total. The molecule has 0 radical (unpaired) electrons. The summed E-state index contributed by atoms with van der Waals surface area (Å²) in [6.07, 6.45) is 0.925. The average Bonchev–Trinajstić information content (AvgIpc) is 2.32. The molecule has 0 spiro atoms. The van der Waals surface area contributed by atoms with Crippen LogP contribution in [0.5, 0.6) is 0 Å². The first-order chi connectivity index (χ1) is 8.11. The quantitative estimate of drug-likeness (QED) is 0.624. The molecule has 0 aromatic heterocycles. The molecule has 1 rings (SSSR count). The van der Waals surface area contributed by atoms with E-state index in [1.807, 2.05) is 18.2 Å². The van der Waals surface area contributed by atoms with E-state index in [-0.39, 0.29) is 6.04 Å². The second-order valence-electron chi connectivity index (χ2n) is 4.05. The van der Waals surface area contributed by atoms with Crippen molar-refractivity contribution in [2.45, 2.75) is 19.4 Å². The maximum atomic E-state index is 6.27. The van der Waals surface area contributed by atoms with Gasteiger partial charge in [-0.25, -0.2) is 0 Å². The molecule has 17 heavy (non-hydrogen) atoms. The Morgan fingerprint density at radius 3 is 2.82 bits per heavy atom. The summed E-state index contributed by atoms with van der Waals surface area (Å²) in [7, 11) is 1.70. The van der Waals surface area contributed by atoms with E-state index in [9.17, 15) is 0 Å². The van der Waals surface area contributed by atoms with Gasteiger partial charge in [-0.1, -0.05) is 30.7 Å². The Balaban J connectivity index is 2.89. The highest BCUT2D eigenvalue weighted by Gasteiger charge is 2.20. The first-order valence-corrected chi connectivity index (χ1v) is 6.67. The van der Waals surface area contributed by atoms with Gasteiger partial charge in [0, 0.05) is 18.2 Å². The van der Waals surface area contributed by atoms with Gasteiger partial charge < -0.3 is 4.74 Å². The van der Waals surface area contributed by atoms with E-state index >= 15 is 0 Å². The summed E-state index contributed by atoms with van der Waals surface area (Å²) in [5.41, 5.74) is 3.84. The smallest absolute Gasteiger partial charge is 0.0596 e. The van der Waals surface area contributed by atoms with Gasteiger partial charge in [-0.2, -0.15) is 0 Å². The summed E-state index contributed by atoms with van der Waals surface area (Å²) in [6, 6.07) is 5.88. The summed E-state index contributed by atoms with van der Waals surface area (Å²) >= 11 is 9.69. The maximum Gasteiger partial charge on any atom is 0.0596 e. The summed E-state index contributed by atoms with van der Waals surface area (Å²) in [6.45, 7) is 2.84. The van der Waals surface area contributed by atoms with Gasteiger partial charge >= 0.3 is 0 Å².